The molecule has 1 aliphatic heterocycles. The number of aryl methyl sites for hydroxylation is 1. The van der Waals surface area contributed by atoms with Crippen LogP contribution in [-0.4, -0.2) is 30.0 Å². The second-order valence-electron chi connectivity index (χ2n) is 6.06. The molecule has 1 aromatic rings. The number of pyridine rings is 1. The molecule has 104 valence electrons. The fraction of sp³-hybridized carbons (Fsp3) is 0.600. The molecule has 4 nitrogen and oxygen atoms in total. The van der Waals surface area contributed by atoms with Crippen LogP contribution in [0.2, 0.25) is 0 Å². The zero-order valence-electron chi connectivity index (χ0n) is 12.0. The van der Waals surface area contributed by atoms with E-state index in [4.69, 9.17) is 0 Å². The smallest absolute Gasteiger partial charge is 0.252 e. The van der Waals surface area contributed by atoms with E-state index in [1.54, 1.807) is 12.4 Å². The van der Waals surface area contributed by atoms with Gasteiger partial charge in [-0.25, -0.2) is 0 Å². The molecule has 0 radical (unpaired) electrons. The fourth-order valence-corrected chi connectivity index (χ4v) is 2.60. The summed E-state index contributed by atoms with van der Waals surface area (Å²) in [5, 5.41) is 6.51. The number of carbonyl (C=O) groups excluding carboxylic acids is 1. The molecule has 1 amide bonds. The van der Waals surface area contributed by atoms with Crippen molar-refractivity contribution in [3.8, 4) is 0 Å². The molecule has 1 aliphatic rings. The number of aromatic nitrogens is 1. The number of hydrogen-bond donors (Lipinski definition) is 2. The Bertz CT molecular complexity index is 456. The van der Waals surface area contributed by atoms with Crippen LogP contribution in [0, 0.1) is 12.3 Å². The van der Waals surface area contributed by atoms with Crippen LogP contribution in [0.5, 0.6) is 0 Å². The highest BCUT2D eigenvalue weighted by Crippen LogP contribution is 2.29. The lowest BCUT2D eigenvalue weighted by atomic mass is 9.77. The summed E-state index contributed by atoms with van der Waals surface area (Å²) in [6.45, 7) is 8.15. The molecule has 2 rings (SSSR count). The summed E-state index contributed by atoms with van der Waals surface area (Å²) in [6.07, 6.45) is 5.77. The molecule has 0 spiro atoms. The third-order valence-electron chi connectivity index (χ3n) is 3.94. The van der Waals surface area contributed by atoms with Crippen molar-refractivity contribution in [1.29, 1.82) is 0 Å². The summed E-state index contributed by atoms with van der Waals surface area (Å²) < 4.78 is 0. The van der Waals surface area contributed by atoms with Crippen LogP contribution >= 0.6 is 0 Å². The lowest BCUT2D eigenvalue weighted by Crippen LogP contribution is -2.52. The van der Waals surface area contributed by atoms with Crippen molar-refractivity contribution < 1.29 is 4.79 Å². The summed E-state index contributed by atoms with van der Waals surface area (Å²) in [7, 11) is 0. The Labute approximate surface area is 115 Å². The van der Waals surface area contributed by atoms with Gasteiger partial charge in [-0.15, -0.1) is 0 Å². The fourth-order valence-electron chi connectivity index (χ4n) is 2.60. The van der Waals surface area contributed by atoms with Crippen LogP contribution in [0.25, 0.3) is 0 Å². The maximum absolute atomic E-state index is 12.1. The average molecular weight is 261 g/mol. The van der Waals surface area contributed by atoms with Gasteiger partial charge in [-0.05, 0) is 43.4 Å². The van der Waals surface area contributed by atoms with Gasteiger partial charge in [-0.2, -0.15) is 0 Å². The molecule has 1 fully saturated rings. The molecule has 1 unspecified atom stereocenters. The van der Waals surface area contributed by atoms with Gasteiger partial charge in [0.1, 0.15) is 0 Å². The number of nitrogens with one attached hydrogen (secondary N) is 2. The zero-order valence-corrected chi connectivity index (χ0v) is 12.0. The number of nitrogens with zero attached hydrogens (tertiary/aromatic N) is 1. The monoisotopic (exact) mass is 261 g/mol. The normalized spacial score (nSPS) is 21.9. The molecule has 0 saturated carbocycles. The Kier molecular flexibility index (Phi) is 4.20. The number of amides is 1. The van der Waals surface area contributed by atoms with Crippen LogP contribution in [0.15, 0.2) is 18.5 Å². The topological polar surface area (TPSA) is 54.0 Å². The van der Waals surface area contributed by atoms with E-state index in [2.05, 4.69) is 29.5 Å². The van der Waals surface area contributed by atoms with Gasteiger partial charge in [-0.3, -0.25) is 9.78 Å². The molecule has 0 bridgehead atoms. The van der Waals surface area contributed by atoms with Crippen LogP contribution in [0.4, 0.5) is 0 Å². The lowest BCUT2D eigenvalue weighted by molar-refractivity contribution is 0.0928. The molecular weight excluding hydrogens is 238 g/mol. The van der Waals surface area contributed by atoms with Crippen molar-refractivity contribution in [2.75, 3.05) is 13.1 Å². The number of hydrogen-bond acceptors (Lipinski definition) is 3. The summed E-state index contributed by atoms with van der Waals surface area (Å²) in [6, 6.07) is 2.20. The summed E-state index contributed by atoms with van der Waals surface area (Å²) in [4.78, 5) is 16.1. The van der Waals surface area contributed by atoms with Gasteiger partial charge in [0.15, 0.2) is 0 Å². The minimum atomic E-state index is -0.0422. The van der Waals surface area contributed by atoms with E-state index in [1.165, 1.54) is 12.8 Å². The van der Waals surface area contributed by atoms with Crippen LogP contribution < -0.4 is 10.6 Å². The highest BCUT2D eigenvalue weighted by Gasteiger charge is 2.31. The highest BCUT2D eigenvalue weighted by molar-refractivity contribution is 5.94. The van der Waals surface area contributed by atoms with E-state index < -0.39 is 0 Å². The number of piperidine rings is 1. The first-order valence-electron chi connectivity index (χ1n) is 6.92. The Morgan fingerprint density at radius 2 is 2.32 bits per heavy atom. The molecular formula is C15H23N3O. The molecule has 4 heteroatoms. The largest absolute Gasteiger partial charge is 0.350 e. The zero-order chi connectivity index (χ0) is 13.9. The average Bonchev–Trinajstić information content (AvgIpc) is 2.36. The van der Waals surface area contributed by atoms with Crippen molar-refractivity contribution in [1.82, 2.24) is 15.6 Å². The predicted molar refractivity (Wildman–Crippen MR) is 76.1 cm³/mol. The van der Waals surface area contributed by atoms with E-state index >= 15 is 0 Å². The van der Waals surface area contributed by atoms with Crippen LogP contribution in [-0.2, 0) is 0 Å². The van der Waals surface area contributed by atoms with E-state index in [9.17, 15) is 4.79 Å². The lowest BCUT2D eigenvalue weighted by Gasteiger charge is -2.39. The highest BCUT2D eigenvalue weighted by atomic mass is 16.1. The van der Waals surface area contributed by atoms with E-state index in [1.807, 2.05) is 13.0 Å². The molecule has 1 aromatic heterocycles. The molecule has 0 aliphatic carbocycles. The van der Waals surface area contributed by atoms with E-state index in [-0.39, 0.29) is 11.3 Å². The Hall–Kier alpha value is -1.42. The van der Waals surface area contributed by atoms with E-state index in [0.717, 1.165) is 12.1 Å². The van der Waals surface area contributed by atoms with Gasteiger partial charge in [0, 0.05) is 25.0 Å². The van der Waals surface area contributed by atoms with Gasteiger partial charge in [0.25, 0.3) is 5.91 Å². The first-order chi connectivity index (χ1) is 8.99. The molecule has 1 atom stereocenters. The van der Waals surface area contributed by atoms with E-state index in [0.29, 0.717) is 18.2 Å². The first kappa shape index (κ1) is 14.0. The summed E-state index contributed by atoms with van der Waals surface area (Å²) >= 11 is 0. The standard InChI is InChI=1S/C15H23N3O/c1-11-7-12(9-16-8-11)14(19)18-10-13-15(2,3)5-4-6-17-13/h7-9,13,17H,4-6,10H2,1-3H3,(H,18,19). The number of rotatable bonds is 3. The van der Waals surface area contributed by atoms with Gasteiger partial charge >= 0.3 is 0 Å². The predicted octanol–water partition coefficient (Wildman–Crippen LogP) is 1.90. The third kappa shape index (κ3) is 3.53. The van der Waals surface area contributed by atoms with Crippen molar-refractivity contribution >= 4 is 5.91 Å². The van der Waals surface area contributed by atoms with Gasteiger partial charge < -0.3 is 10.6 Å². The van der Waals surface area contributed by atoms with Crippen molar-refractivity contribution in [2.45, 2.75) is 39.7 Å². The Morgan fingerprint density at radius 1 is 1.53 bits per heavy atom. The SMILES string of the molecule is Cc1cncc(C(=O)NCC2NCCCC2(C)C)c1. The number of carbonyl (C=O) groups is 1. The summed E-state index contributed by atoms with van der Waals surface area (Å²) in [5.41, 5.74) is 1.87. The third-order valence-corrected chi connectivity index (χ3v) is 3.94. The minimum absolute atomic E-state index is 0.0422. The van der Waals surface area contributed by atoms with Gasteiger partial charge in [0.05, 0.1) is 5.56 Å². The van der Waals surface area contributed by atoms with Crippen molar-refractivity contribution in [3.63, 3.8) is 0 Å². The molecule has 0 aromatic carbocycles. The van der Waals surface area contributed by atoms with Gasteiger partial charge in [0.2, 0.25) is 0 Å². The van der Waals surface area contributed by atoms with Crippen LogP contribution in [0.1, 0.15) is 42.6 Å². The Morgan fingerprint density at radius 3 is 3.00 bits per heavy atom. The summed E-state index contributed by atoms with van der Waals surface area (Å²) in [5.74, 6) is -0.0422. The minimum Gasteiger partial charge on any atom is -0.350 e. The quantitative estimate of drug-likeness (QED) is 0.873. The van der Waals surface area contributed by atoms with Crippen molar-refractivity contribution in [3.05, 3.63) is 29.6 Å². The first-order valence-corrected chi connectivity index (χ1v) is 6.92. The second kappa shape index (κ2) is 5.70. The van der Waals surface area contributed by atoms with Crippen molar-refractivity contribution in [2.24, 2.45) is 5.41 Å². The molecule has 2 N–H and O–H groups in total. The Balaban J connectivity index is 1.93. The second-order valence-corrected chi connectivity index (χ2v) is 6.06. The maximum atomic E-state index is 12.1. The molecule has 2 heterocycles. The van der Waals surface area contributed by atoms with Crippen LogP contribution in [0.3, 0.4) is 0 Å². The van der Waals surface area contributed by atoms with Gasteiger partial charge in [-0.1, -0.05) is 13.8 Å². The molecule has 19 heavy (non-hydrogen) atoms. The molecule has 1 saturated heterocycles. The maximum Gasteiger partial charge on any atom is 0.252 e.